The van der Waals surface area contributed by atoms with Crippen molar-refractivity contribution >= 4 is 23.7 Å². The summed E-state index contributed by atoms with van der Waals surface area (Å²) in [6.07, 6.45) is 0.332. The average molecular weight is 636 g/mol. The number of amides is 4. The van der Waals surface area contributed by atoms with Crippen LogP contribution in [0.15, 0.2) is 49.1 Å². The van der Waals surface area contributed by atoms with Gasteiger partial charge in [0.15, 0.2) is 0 Å². The van der Waals surface area contributed by atoms with Crippen LogP contribution in [0.2, 0.25) is 0 Å². The number of aromatic hydroxyl groups is 1. The highest BCUT2D eigenvalue weighted by Crippen LogP contribution is 2.36. The molecule has 4 saturated heterocycles. The van der Waals surface area contributed by atoms with Crippen LogP contribution in [0.4, 0.5) is 15.0 Å². The first-order valence-electron chi connectivity index (χ1n) is 15.7. The molecule has 3 atom stereocenters. The van der Waals surface area contributed by atoms with E-state index >= 15 is 4.39 Å². The van der Waals surface area contributed by atoms with Crippen LogP contribution in [-0.2, 0) is 22.4 Å². The number of carbonyl (C=O) groups is 3. The maximum Gasteiger partial charge on any atom is 0.331 e. The number of pyridine rings is 1. The van der Waals surface area contributed by atoms with Gasteiger partial charge in [-0.2, -0.15) is 0 Å². The largest absolute Gasteiger partial charge is 0.508 e. The fourth-order valence-corrected chi connectivity index (χ4v) is 7.23. The highest BCUT2D eigenvalue weighted by atomic mass is 19.1. The van der Waals surface area contributed by atoms with E-state index in [0.29, 0.717) is 17.8 Å². The van der Waals surface area contributed by atoms with Gasteiger partial charge in [-0.3, -0.25) is 14.5 Å². The first-order chi connectivity index (χ1) is 22.0. The molecule has 0 aliphatic carbocycles. The zero-order valence-electron chi connectivity index (χ0n) is 26.3. The normalized spacial score (nSPS) is 26.5. The third-order valence-corrected chi connectivity index (χ3v) is 9.85. The summed E-state index contributed by atoms with van der Waals surface area (Å²) in [5, 5.41) is 15.5. The summed E-state index contributed by atoms with van der Waals surface area (Å²) in [6, 6.07) is 9.43. The number of likely N-dealkylation sites (N-methyl/N-ethyl adjacent to an activating group) is 1. The van der Waals surface area contributed by atoms with E-state index in [1.807, 2.05) is 12.1 Å². The number of hydrazine groups is 1. The third-order valence-electron chi connectivity index (χ3n) is 9.85. The second-order valence-electron chi connectivity index (χ2n) is 12.8. The Labute approximate surface area is 268 Å². The maximum absolute atomic E-state index is 15.3. The van der Waals surface area contributed by atoms with Gasteiger partial charge >= 0.3 is 6.03 Å². The van der Waals surface area contributed by atoms with Gasteiger partial charge in [0.1, 0.15) is 29.1 Å². The Kier molecular flexibility index (Phi) is 8.61. The number of nitrogens with two attached hydrogens (primary N) is 1. The van der Waals surface area contributed by atoms with E-state index in [9.17, 15) is 19.5 Å². The van der Waals surface area contributed by atoms with Gasteiger partial charge < -0.3 is 30.9 Å². The molecular weight excluding hydrogens is 593 g/mol. The first kappa shape index (κ1) is 31.7. The van der Waals surface area contributed by atoms with E-state index in [1.54, 1.807) is 12.1 Å². The molecule has 4 amide bonds. The Morgan fingerprint density at radius 3 is 2.67 bits per heavy atom. The lowest BCUT2D eigenvalue weighted by molar-refractivity contribution is -0.190. The van der Waals surface area contributed by atoms with Crippen molar-refractivity contribution in [1.29, 1.82) is 0 Å². The number of benzene rings is 1. The molecule has 0 radical (unpaired) electrons. The van der Waals surface area contributed by atoms with E-state index in [-0.39, 0.29) is 43.8 Å². The molecule has 46 heavy (non-hydrogen) atoms. The predicted molar refractivity (Wildman–Crippen MR) is 169 cm³/mol. The molecule has 4 N–H and O–H groups in total. The van der Waals surface area contributed by atoms with E-state index in [2.05, 4.69) is 40.6 Å². The molecule has 5 heterocycles. The van der Waals surface area contributed by atoms with E-state index in [1.165, 1.54) is 27.1 Å². The highest BCUT2D eigenvalue weighted by Gasteiger charge is 2.57. The van der Waals surface area contributed by atoms with Crippen LogP contribution in [0, 0.1) is 5.82 Å². The minimum absolute atomic E-state index is 0.0451. The van der Waals surface area contributed by atoms with Crippen LogP contribution in [0.25, 0.3) is 0 Å². The Bertz CT molecular complexity index is 1520. The molecule has 1 aromatic carbocycles. The van der Waals surface area contributed by atoms with Crippen LogP contribution in [0.3, 0.4) is 0 Å². The summed E-state index contributed by atoms with van der Waals surface area (Å²) in [5.41, 5.74) is 4.82. The average Bonchev–Trinajstić information content (AvgIpc) is 2.97. The van der Waals surface area contributed by atoms with Crippen molar-refractivity contribution in [3.63, 3.8) is 0 Å². The summed E-state index contributed by atoms with van der Waals surface area (Å²) >= 11 is 0. The van der Waals surface area contributed by atoms with Gasteiger partial charge in [0.25, 0.3) is 0 Å². The number of hydrogen-bond acceptors (Lipinski definition) is 9. The monoisotopic (exact) mass is 635 g/mol. The van der Waals surface area contributed by atoms with Crippen molar-refractivity contribution in [3.05, 3.63) is 66.1 Å². The number of phenols is 1. The van der Waals surface area contributed by atoms with Gasteiger partial charge in [-0.1, -0.05) is 18.2 Å². The van der Waals surface area contributed by atoms with E-state index < -0.39 is 35.4 Å². The van der Waals surface area contributed by atoms with Crippen LogP contribution in [0.5, 0.6) is 5.75 Å². The third kappa shape index (κ3) is 5.76. The number of nitrogens with one attached hydrogen (secondary N) is 1. The van der Waals surface area contributed by atoms with E-state index in [0.717, 1.165) is 44.6 Å². The number of nitrogens with zero attached hydrogens (tertiary/aromatic N) is 7. The van der Waals surface area contributed by atoms with Crippen molar-refractivity contribution < 1.29 is 23.9 Å². The van der Waals surface area contributed by atoms with Crippen LogP contribution in [-0.4, -0.2) is 136 Å². The zero-order chi connectivity index (χ0) is 32.7. The summed E-state index contributed by atoms with van der Waals surface area (Å²) in [6.45, 7) is 10.6. The molecule has 2 unspecified atom stereocenters. The number of phenolic OH excluding ortho intramolecular Hbond substituents is 1. The molecule has 13 nitrogen and oxygen atoms in total. The van der Waals surface area contributed by atoms with Crippen molar-refractivity contribution in [3.8, 4) is 5.75 Å². The number of urea groups is 1. The molecule has 246 valence electrons. The minimum atomic E-state index is -1.66. The second-order valence-corrected chi connectivity index (χ2v) is 12.8. The fourth-order valence-electron chi connectivity index (χ4n) is 7.23. The van der Waals surface area contributed by atoms with Crippen LogP contribution in [0.1, 0.15) is 18.2 Å². The number of anilines is 1. The molecule has 4 aliphatic heterocycles. The standard InChI is InChI=1S/C32H42FN9O4/c1-4-10-40-20-29(44)41-28(42(40)31(34)46)16-35-30(45)32(41,14-22-8-9-25(43)13-26(22)33)15-23-6-5-7-27(36-23)39-18-24(19-39)38-12-11-37(3)21(2)17-38/h4-9,13,21,24,28,43H,1,10-12,14-20H2,2-3H3,(H2,34,46)(H,35,45)/t21-,28?,32?/m0/s1. The van der Waals surface area contributed by atoms with Gasteiger partial charge in [0.2, 0.25) is 11.8 Å². The molecule has 2 aromatic rings. The van der Waals surface area contributed by atoms with Crippen molar-refractivity contribution in [2.24, 2.45) is 5.73 Å². The van der Waals surface area contributed by atoms with Crippen molar-refractivity contribution in [2.75, 3.05) is 64.3 Å². The van der Waals surface area contributed by atoms with Gasteiger partial charge in [-0.05, 0) is 37.7 Å². The quantitative estimate of drug-likeness (QED) is 0.351. The summed E-state index contributed by atoms with van der Waals surface area (Å²) in [7, 11) is 2.16. The first-order valence-corrected chi connectivity index (χ1v) is 15.7. The van der Waals surface area contributed by atoms with Gasteiger partial charge in [-0.25, -0.2) is 24.2 Å². The molecule has 4 aliphatic rings. The topological polar surface area (TPSA) is 142 Å². The summed E-state index contributed by atoms with van der Waals surface area (Å²) < 4.78 is 15.3. The maximum atomic E-state index is 15.3. The van der Waals surface area contributed by atoms with Crippen molar-refractivity contribution in [2.45, 2.75) is 43.6 Å². The lowest BCUT2D eigenvalue weighted by atomic mass is 9.80. The van der Waals surface area contributed by atoms with Crippen LogP contribution < -0.4 is 16.0 Å². The second kappa shape index (κ2) is 12.5. The number of piperazine rings is 2. The molecule has 0 spiro atoms. The summed E-state index contributed by atoms with van der Waals surface area (Å²) in [4.78, 5) is 54.2. The molecule has 0 saturated carbocycles. The molecule has 6 rings (SSSR count). The van der Waals surface area contributed by atoms with E-state index in [4.69, 9.17) is 10.7 Å². The Hall–Kier alpha value is -4.27. The number of primary amides is 1. The molecule has 0 bridgehead atoms. The SMILES string of the molecule is C=CCN1CC(=O)N2C(CNC(=O)C2(Cc2cccc(N3CC(N4CCN(C)[C@@H](C)C4)C3)n2)Cc2ccc(O)cc2F)N1C(N)=O. The Morgan fingerprint density at radius 1 is 1.20 bits per heavy atom. The number of rotatable bonds is 8. The lowest BCUT2D eigenvalue weighted by Crippen LogP contribution is -2.81. The zero-order valence-corrected chi connectivity index (χ0v) is 26.3. The van der Waals surface area contributed by atoms with Crippen molar-refractivity contribution in [1.82, 2.24) is 35.0 Å². The predicted octanol–water partition coefficient (Wildman–Crippen LogP) is 0.357. The van der Waals surface area contributed by atoms with Crippen LogP contribution >= 0.6 is 0 Å². The number of carbonyl (C=O) groups excluding carboxylic acids is 3. The highest BCUT2D eigenvalue weighted by molar-refractivity contribution is 5.95. The Morgan fingerprint density at radius 2 is 1.98 bits per heavy atom. The van der Waals surface area contributed by atoms with Gasteiger partial charge in [0, 0.05) is 76.0 Å². The molecule has 1 aromatic heterocycles. The summed E-state index contributed by atoms with van der Waals surface area (Å²) in [5.74, 6) is -1.13. The lowest BCUT2D eigenvalue weighted by Gasteiger charge is -2.57. The Balaban J connectivity index is 1.32. The number of hydrogen-bond donors (Lipinski definition) is 3. The smallest absolute Gasteiger partial charge is 0.331 e. The number of halogens is 1. The van der Waals surface area contributed by atoms with Gasteiger partial charge in [0.05, 0.1) is 13.1 Å². The number of fused-ring (bicyclic) bond motifs is 1. The number of aromatic nitrogens is 1. The fraction of sp³-hybridized carbons (Fsp3) is 0.500. The van der Waals surface area contributed by atoms with Gasteiger partial charge in [-0.15, -0.1) is 6.58 Å². The molecular formula is C32H42FN9O4. The minimum Gasteiger partial charge on any atom is -0.508 e. The molecule has 14 heteroatoms. The molecule has 4 fully saturated rings.